The molecule has 0 atom stereocenters. The molecule has 1 amide bonds. The number of benzene rings is 1. The molecule has 1 heterocycles. The number of aromatic nitrogens is 1. The summed E-state index contributed by atoms with van der Waals surface area (Å²) in [7, 11) is 0. The molecule has 0 saturated heterocycles. The Hall–Kier alpha value is -3.57. The number of pyridine rings is 1. The van der Waals surface area contributed by atoms with Crippen molar-refractivity contribution in [3.8, 4) is 5.69 Å². The number of rotatable bonds is 5. The number of alkyl halides is 6. The molecule has 0 saturated carbocycles. The average Bonchev–Trinajstić information content (AvgIpc) is 2.67. The van der Waals surface area contributed by atoms with E-state index in [-0.39, 0.29) is 17.9 Å². The van der Waals surface area contributed by atoms with Crippen LogP contribution in [0.5, 0.6) is 0 Å². The number of nitrogens with zero attached hydrogens (tertiary/aromatic N) is 2. The molecule has 2 aromatic rings. The lowest BCUT2D eigenvalue weighted by Crippen LogP contribution is -2.35. The molecule has 0 radical (unpaired) electrons. The van der Waals surface area contributed by atoms with Crippen molar-refractivity contribution in [2.75, 3.05) is 6.54 Å². The second kappa shape index (κ2) is 9.06. The maximum absolute atomic E-state index is 13.4. The van der Waals surface area contributed by atoms with E-state index in [2.05, 4.69) is 10.3 Å². The summed E-state index contributed by atoms with van der Waals surface area (Å²) in [5, 5.41) is 2.20. The lowest BCUT2D eigenvalue weighted by Gasteiger charge is -2.14. The third-order valence-electron chi connectivity index (χ3n) is 3.89. The van der Waals surface area contributed by atoms with Gasteiger partial charge in [-0.2, -0.15) is 26.3 Å². The average molecular weight is 446 g/mol. The second-order valence-corrected chi connectivity index (χ2v) is 6.04. The normalized spacial score (nSPS) is 13.3. The molecule has 166 valence electrons. The molecule has 1 aromatic heterocycles. The Balaban J connectivity index is 2.44. The van der Waals surface area contributed by atoms with Gasteiger partial charge in [-0.05, 0) is 37.3 Å². The van der Waals surface area contributed by atoms with Crippen LogP contribution >= 0.6 is 0 Å². The summed E-state index contributed by atoms with van der Waals surface area (Å²) in [5.74, 6) is -1.06. The first-order chi connectivity index (χ1) is 14.4. The molecule has 12 heteroatoms. The number of carbonyl (C=O) groups is 1. The Morgan fingerprint density at radius 3 is 2.19 bits per heavy atom. The van der Waals surface area contributed by atoms with E-state index in [0.29, 0.717) is 18.3 Å². The summed E-state index contributed by atoms with van der Waals surface area (Å²) in [5.41, 5.74) is 0.559. The van der Waals surface area contributed by atoms with Crippen molar-refractivity contribution >= 4 is 17.3 Å². The highest BCUT2D eigenvalue weighted by Gasteiger charge is 2.40. The third-order valence-corrected chi connectivity index (χ3v) is 3.89. The van der Waals surface area contributed by atoms with Crippen LogP contribution in [0.15, 0.2) is 64.2 Å². The monoisotopic (exact) mass is 446 g/mol. The molecule has 1 aromatic carbocycles. The Morgan fingerprint density at radius 2 is 1.74 bits per heavy atom. The maximum atomic E-state index is 13.4. The van der Waals surface area contributed by atoms with Crippen molar-refractivity contribution in [1.29, 1.82) is 0 Å². The van der Waals surface area contributed by atoms with E-state index < -0.39 is 40.7 Å². The minimum atomic E-state index is -5.00. The van der Waals surface area contributed by atoms with Gasteiger partial charge >= 0.3 is 12.4 Å². The van der Waals surface area contributed by atoms with Crippen molar-refractivity contribution in [2.24, 2.45) is 10.7 Å². The first-order valence-electron chi connectivity index (χ1n) is 8.65. The van der Waals surface area contributed by atoms with Crippen LogP contribution in [-0.2, 0) is 11.0 Å². The van der Waals surface area contributed by atoms with Gasteiger partial charge in [0.15, 0.2) is 5.71 Å². The number of carbonyl (C=O) groups excluding carboxylic acids is 1. The maximum Gasteiger partial charge on any atom is 0.434 e. The number of hydrogen-bond acceptors (Lipinski definition) is 4. The number of hydrogen-bond donors (Lipinski definition) is 2. The molecule has 0 aliphatic carbocycles. The number of halogens is 6. The standard InChI is InChI=1S/C19H16F6N4O2/c1-2-27-17(31)14(10-26)16(19(23,24)25)28-12-3-5-13(6-4-12)29-8-7-11(9-15(29)30)18(20,21)22/h3-10H,2,26H2,1H3,(H,27,31). The SMILES string of the molecule is CCNC(=O)C(=CN)C(=Nc1ccc(-n2ccc(C(F)(F)F)cc2=O)cc1)C(F)(F)F. The molecule has 0 unspecified atom stereocenters. The minimum Gasteiger partial charge on any atom is -0.404 e. The van der Waals surface area contributed by atoms with Crippen LogP contribution in [0.1, 0.15) is 12.5 Å². The molecule has 31 heavy (non-hydrogen) atoms. The molecular formula is C19H16F6N4O2. The molecule has 0 spiro atoms. The van der Waals surface area contributed by atoms with Crippen molar-refractivity contribution in [2.45, 2.75) is 19.3 Å². The number of nitrogens with one attached hydrogen (secondary N) is 1. The van der Waals surface area contributed by atoms with Crippen molar-refractivity contribution in [3.63, 3.8) is 0 Å². The van der Waals surface area contributed by atoms with Crippen LogP contribution in [0.3, 0.4) is 0 Å². The predicted molar refractivity (Wildman–Crippen MR) is 101 cm³/mol. The van der Waals surface area contributed by atoms with Crippen LogP contribution in [0, 0.1) is 0 Å². The van der Waals surface area contributed by atoms with Crippen molar-refractivity contribution < 1.29 is 31.1 Å². The zero-order valence-electron chi connectivity index (χ0n) is 15.9. The van der Waals surface area contributed by atoms with Gasteiger partial charge in [0.25, 0.3) is 11.5 Å². The zero-order valence-corrected chi connectivity index (χ0v) is 15.9. The summed E-state index contributed by atoms with van der Waals surface area (Å²) < 4.78 is 79.2. The van der Waals surface area contributed by atoms with Gasteiger partial charge in [-0.25, -0.2) is 4.99 Å². The molecule has 2 rings (SSSR count). The molecule has 0 bridgehead atoms. The van der Waals surface area contributed by atoms with Crippen molar-refractivity contribution in [3.05, 3.63) is 70.3 Å². The van der Waals surface area contributed by atoms with Gasteiger partial charge in [0.1, 0.15) is 0 Å². The summed E-state index contributed by atoms with van der Waals surface area (Å²) >= 11 is 0. The third kappa shape index (κ3) is 5.74. The van der Waals surface area contributed by atoms with Crippen LogP contribution < -0.4 is 16.6 Å². The van der Waals surface area contributed by atoms with Gasteiger partial charge in [-0.3, -0.25) is 14.2 Å². The van der Waals surface area contributed by atoms with Gasteiger partial charge in [-0.1, -0.05) is 0 Å². The Morgan fingerprint density at radius 1 is 1.13 bits per heavy atom. The van der Waals surface area contributed by atoms with E-state index in [9.17, 15) is 35.9 Å². The topological polar surface area (TPSA) is 89.5 Å². The number of aliphatic imine (C=N–C) groups is 1. The minimum absolute atomic E-state index is 0.0673. The van der Waals surface area contributed by atoms with Crippen LogP contribution in [0.4, 0.5) is 32.0 Å². The molecular weight excluding hydrogens is 430 g/mol. The number of likely N-dealkylation sites (N-methyl/N-ethyl adjacent to an activating group) is 1. The van der Waals surface area contributed by atoms with E-state index >= 15 is 0 Å². The molecule has 6 nitrogen and oxygen atoms in total. The van der Waals surface area contributed by atoms with Crippen LogP contribution in [0.25, 0.3) is 5.69 Å². The quantitative estimate of drug-likeness (QED) is 0.419. The lowest BCUT2D eigenvalue weighted by molar-refractivity contribution is -0.137. The van der Waals surface area contributed by atoms with Crippen LogP contribution in [-0.4, -0.2) is 28.9 Å². The first kappa shape index (κ1) is 23.7. The van der Waals surface area contributed by atoms with E-state index in [1.165, 1.54) is 19.1 Å². The van der Waals surface area contributed by atoms with Gasteiger partial charge in [-0.15, -0.1) is 0 Å². The van der Waals surface area contributed by atoms with E-state index in [1.54, 1.807) is 0 Å². The fourth-order valence-corrected chi connectivity index (χ4v) is 2.48. The van der Waals surface area contributed by atoms with Crippen LogP contribution in [0.2, 0.25) is 0 Å². The lowest BCUT2D eigenvalue weighted by atomic mass is 10.1. The summed E-state index contributed by atoms with van der Waals surface area (Å²) in [4.78, 5) is 27.3. The van der Waals surface area contributed by atoms with Gasteiger partial charge in [0, 0.05) is 30.7 Å². The fourth-order valence-electron chi connectivity index (χ4n) is 2.48. The molecule has 3 N–H and O–H groups in total. The summed E-state index contributed by atoms with van der Waals surface area (Å²) in [6.45, 7) is 1.58. The largest absolute Gasteiger partial charge is 0.434 e. The van der Waals surface area contributed by atoms with Gasteiger partial charge < -0.3 is 11.1 Å². The predicted octanol–water partition coefficient (Wildman–Crippen LogP) is 3.47. The molecule has 0 aliphatic rings. The number of nitrogens with two attached hydrogens (primary N) is 1. The van der Waals surface area contributed by atoms with Crippen molar-refractivity contribution in [1.82, 2.24) is 9.88 Å². The zero-order chi connectivity index (χ0) is 23.4. The van der Waals surface area contributed by atoms with E-state index in [0.717, 1.165) is 22.9 Å². The fraction of sp³-hybridized carbons (Fsp3) is 0.211. The van der Waals surface area contributed by atoms with Gasteiger partial charge in [0.2, 0.25) is 0 Å². The van der Waals surface area contributed by atoms with E-state index in [1.807, 2.05) is 0 Å². The Labute approximate surface area is 171 Å². The van der Waals surface area contributed by atoms with Gasteiger partial charge in [0.05, 0.1) is 16.8 Å². The summed E-state index contributed by atoms with van der Waals surface area (Å²) in [6.07, 6.45) is -8.30. The number of amides is 1. The smallest absolute Gasteiger partial charge is 0.404 e. The Kier molecular flexibility index (Phi) is 6.93. The molecule has 0 aliphatic heterocycles. The second-order valence-electron chi connectivity index (χ2n) is 6.04. The first-order valence-corrected chi connectivity index (χ1v) is 8.65. The Bertz CT molecular complexity index is 1070. The highest BCUT2D eigenvalue weighted by molar-refractivity contribution is 6.24. The van der Waals surface area contributed by atoms with E-state index in [4.69, 9.17) is 5.73 Å². The highest BCUT2D eigenvalue weighted by atomic mass is 19.4. The summed E-state index contributed by atoms with van der Waals surface area (Å²) in [6, 6.07) is 5.70. The molecule has 0 fully saturated rings. The highest BCUT2D eigenvalue weighted by Crippen LogP contribution is 2.29.